The monoisotopic (exact) mass is 664 g/mol. The lowest BCUT2D eigenvalue weighted by atomic mass is 9.74. The molecular formula is C33H44O14. The van der Waals surface area contributed by atoms with Crippen LogP contribution >= 0.6 is 0 Å². The summed E-state index contributed by atoms with van der Waals surface area (Å²) >= 11 is 0. The molecule has 0 spiro atoms. The molecule has 0 amide bonds. The van der Waals surface area contributed by atoms with E-state index >= 15 is 0 Å². The number of aliphatic carboxylic acids is 3. The van der Waals surface area contributed by atoms with E-state index in [0.29, 0.717) is 12.3 Å². The number of rotatable bonds is 17. The zero-order valence-corrected chi connectivity index (χ0v) is 26.5. The number of aliphatic hydroxyl groups is 4. The number of carbonyl (C=O) groups is 4. The number of esters is 1. The highest BCUT2D eigenvalue weighted by atomic mass is 16.8. The second kappa shape index (κ2) is 15.0. The van der Waals surface area contributed by atoms with Crippen molar-refractivity contribution in [3.05, 3.63) is 60.2 Å². The third-order valence-electron chi connectivity index (χ3n) is 9.11. The summed E-state index contributed by atoms with van der Waals surface area (Å²) in [6.45, 7) is 9.21. The van der Waals surface area contributed by atoms with Gasteiger partial charge in [-0.2, -0.15) is 0 Å². The van der Waals surface area contributed by atoms with E-state index in [0.717, 1.165) is 18.1 Å². The number of fused-ring (bicyclic) bond motifs is 2. The number of carboxylic acids is 3. The largest absolute Gasteiger partial charge is 0.479 e. The van der Waals surface area contributed by atoms with Gasteiger partial charge in [0, 0.05) is 25.0 Å². The van der Waals surface area contributed by atoms with Crippen molar-refractivity contribution in [3.8, 4) is 0 Å². The first kappa shape index (κ1) is 37.8. The van der Waals surface area contributed by atoms with Gasteiger partial charge < -0.3 is 50.0 Å². The molecule has 2 bridgehead atoms. The van der Waals surface area contributed by atoms with Gasteiger partial charge >= 0.3 is 23.9 Å². The fraction of sp³-hybridized carbons (Fsp3) is 0.576. The minimum Gasteiger partial charge on any atom is -0.479 e. The Labute approximate surface area is 271 Å². The summed E-state index contributed by atoms with van der Waals surface area (Å²) in [5.41, 5.74) is -6.61. The van der Waals surface area contributed by atoms with Gasteiger partial charge in [-0.05, 0) is 42.2 Å². The highest BCUT2D eigenvalue weighted by Gasteiger charge is 2.85. The first-order valence-corrected chi connectivity index (χ1v) is 15.4. The molecule has 0 radical (unpaired) electrons. The van der Waals surface area contributed by atoms with Crippen molar-refractivity contribution < 1.29 is 69.1 Å². The molecule has 2 aliphatic heterocycles. The van der Waals surface area contributed by atoms with Gasteiger partial charge in [-0.15, -0.1) is 0 Å². The highest BCUT2D eigenvalue weighted by Crippen LogP contribution is 2.55. The van der Waals surface area contributed by atoms with Crippen LogP contribution in [0.5, 0.6) is 0 Å². The summed E-state index contributed by atoms with van der Waals surface area (Å²) in [6, 6.07) is 8.94. The van der Waals surface area contributed by atoms with Crippen LogP contribution in [0.1, 0.15) is 52.0 Å². The molecule has 14 nitrogen and oxygen atoms in total. The molecule has 3 rings (SSSR count). The number of allylic oxidation sites excluding steroid dienone is 1. The predicted molar refractivity (Wildman–Crippen MR) is 163 cm³/mol. The molecule has 1 aromatic rings. The van der Waals surface area contributed by atoms with Crippen molar-refractivity contribution in [3.63, 3.8) is 0 Å². The van der Waals surface area contributed by atoms with Crippen LogP contribution < -0.4 is 0 Å². The highest BCUT2D eigenvalue weighted by molar-refractivity contribution is 5.98. The van der Waals surface area contributed by atoms with Gasteiger partial charge in [-0.1, -0.05) is 70.2 Å². The predicted octanol–water partition coefficient (Wildman–Crippen LogP) is 1.29. The van der Waals surface area contributed by atoms with E-state index in [9.17, 15) is 54.9 Å². The van der Waals surface area contributed by atoms with Crippen molar-refractivity contribution >= 4 is 23.9 Å². The molecule has 0 aliphatic carbocycles. The Morgan fingerprint density at radius 2 is 1.72 bits per heavy atom. The average molecular weight is 665 g/mol. The van der Waals surface area contributed by atoms with Crippen LogP contribution in [0.25, 0.3) is 0 Å². The molecule has 2 aliphatic rings. The fourth-order valence-corrected chi connectivity index (χ4v) is 6.24. The molecule has 2 unspecified atom stereocenters. The third kappa shape index (κ3) is 7.27. The maximum absolute atomic E-state index is 12.9. The van der Waals surface area contributed by atoms with Crippen LogP contribution in [-0.2, 0) is 39.8 Å². The Kier molecular flexibility index (Phi) is 12.1. The summed E-state index contributed by atoms with van der Waals surface area (Å²) in [7, 11) is 0. The summed E-state index contributed by atoms with van der Waals surface area (Å²) in [6.07, 6.45) is -5.68. The lowest BCUT2D eigenvalue weighted by Gasteiger charge is -2.48. The summed E-state index contributed by atoms with van der Waals surface area (Å²) < 4.78 is 16.3. The van der Waals surface area contributed by atoms with E-state index in [4.69, 9.17) is 14.2 Å². The molecule has 47 heavy (non-hydrogen) atoms. The summed E-state index contributed by atoms with van der Waals surface area (Å²) in [5, 5.41) is 74.1. The van der Waals surface area contributed by atoms with Crippen LogP contribution in [0.15, 0.2) is 54.6 Å². The molecule has 10 atom stereocenters. The van der Waals surface area contributed by atoms with Crippen molar-refractivity contribution in [2.24, 2.45) is 17.8 Å². The number of benzene rings is 1. The van der Waals surface area contributed by atoms with E-state index in [-0.39, 0.29) is 24.3 Å². The molecule has 260 valence electrons. The number of hydrogen-bond acceptors (Lipinski definition) is 11. The average Bonchev–Trinajstić information content (AvgIpc) is 3.24. The van der Waals surface area contributed by atoms with Gasteiger partial charge in [0.15, 0.2) is 6.10 Å². The quantitative estimate of drug-likeness (QED) is 0.0706. The van der Waals surface area contributed by atoms with Crippen LogP contribution in [0.3, 0.4) is 0 Å². The molecule has 2 saturated heterocycles. The van der Waals surface area contributed by atoms with Crippen LogP contribution in [0.4, 0.5) is 0 Å². The van der Waals surface area contributed by atoms with E-state index in [1.54, 1.807) is 30.3 Å². The smallest absolute Gasteiger partial charge is 0.344 e. The number of hydrogen-bond donors (Lipinski definition) is 7. The van der Waals surface area contributed by atoms with Crippen molar-refractivity contribution in [1.82, 2.24) is 0 Å². The van der Waals surface area contributed by atoms with Gasteiger partial charge in [-0.3, -0.25) is 0 Å². The van der Waals surface area contributed by atoms with Gasteiger partial charge in [0.1, 0.15) is 6.10 Å². The lowest BCUT2D eigenvalue weighted by molar-refractivity contribution is -0.374. The van der Waals surface area contributed by atoms with Crippen LogP contribution in [0, 0.1) is 17.8 Å². The minimum atomic E-state index is -3.90. The van der Waals surface area contributed by atoms with Gasteiger partial charge in [0.05, 0.1) is 6.10 Å². The maximum atomic E-state index is 12.9. The van der Waals surface area contributed by atoms with E-state index < -0.39 is 84.2 Å². The Morgan fingerprint density at radius 1 is 1.09 bits per heavy atom. The SMILES string of the molecule is C=C(CC[C@]12O[C@H](C(=O)O)[C@@](O)(C(=O)O)[C@](C(=O)O)(O1)[C@H](OC(=O)/C=C/[C@@H](C)C[C@@H](C)CC)[C@H]2O)C(O)C(CO)Cc1ccccc1. The van der Waals surface area contributed by atoms with Gasteiger partial charge in [0.2, 0.25) is 23.1 Å². The fourth-order valence-electron chi connectivity index (χ4n) is 6.24. The normalized spacial score (nSPS) is 31.1. The van der Waals surface area contributed by atoms with Crippen LogP contribution in [-0.4, -0.2) is 108 Å². The second-order valence-corrected chi connectivity index (χ2v) is 12.5. The molecule has 7 N–H and O–H groups in total. The van der Waals surface area contributed by atoms with Crippen LogP contribution in [0.2, 0.25) is 0 Å². The minimum absolute atomic E-state index is 0.0549. The first-order chi connectivity index (χ1) is 22.0. The van der Waals surface area contributed by atoms with Crippen molar-refractivity contribution in [2.75, 3.05) is 6.61 Å². The Morgan fingerprint density at radius 3 is 2.26 bits per heavy atom. The van der Waals surface area contributed by atoms with Crippen molar-refractivity contribution in [2.45, 2.75) is 94.3 Å². The van der Waals surface area contributed by atoms with Gasteiger partial charge in [0.25, 0.3) is 0 Å². The van der Waals surface area contributed by atoms with E-state index in [1.165, 1.54) is 6.08 Å². The molecule has 2 heterocycles. The molecule has 2 fully saturated rings. The standard InChI is InChI=1S/C33H44O14/c1-5-18(2)15-19(3)11-12-23(35)45-26-25(37)31(14-13-20(4)24(36)22(17-34)16-21-9-7-6-8-10-21)46-27(28(38)39)32(44,29(40)41)33(26,47-31)30(42)43/h6-12,18-19,22,24-27,34,36-37,44H,4-5,13-17H2,1-3H3,(H,38,39)(H,40,41)(H,42,43)/b12-11+/t18-,19+,22?,24?,25+,26+,27+,31-,32+,33-/m0/s1. The van der Waals surface area contributed by atoms with E-state index in [2.05, 4.69) is 6.58 Å². The second-order valence-electron chi connectivity index (χ2n) is 12.5. The first-order valence-electron chi connectivity index (χ1n) is 15.4. The van der Waals surface area contributed by atoms with E-state index in [1.807, 2.05) is 20.8 Å². The number of carbonyl (C=O) groups excluding carboxylic acids is 1. The summed E-state index contributed by atoms with van der Waals surface area (Å²) in [4.78, 5) is 50.6. The zero-order valence-electron chi connectivity index (χ0n) is 26.5. The Hall–Kier alpha value is -3.66. The Bertz CT molecular complexity index is 1350. The van der Waals surface area contributed by atoms with Crippen molar-refractivity contribution in [1.29, 1.82) is 0 Å². The number of ether oxygens (including phenoxy) is 3. The topological polar surface area (TPSA) is 238 Å². The zero-order chi connectivity index (χ0) is 35.3. The molecule has 0 aromatic heterocycles. The number of carboxylic acid groups (broad SMARTS) is 3. The summed E-state index contributed by atoms with van der Waals surface area (Å²) in [5.74, 6) is -11.2. The molecule has 0 saturated carbocycles. The molecular weight excluding hydrogens is 620 g/mol. The third-order valence-corrected chi connectivity index (χ3v) is 9.11. The number of aliphatic hydroxyl groups excluding tert-OH is 3. The Balaban J connectivity index is 1.98. The molecule has 14 heteroatoms. The maximum Gasteiger partial charge on any atom is 0.344 e. The lowest BCUT2D eigenvalue weighted by Crippen LogP contribution is -2.78. The van der Waals surface area contributed by atoms with Gasteiger partial charge in [-0.25, -0.2) is 19.2 Å². The molecule has 1 aromatic carbocycles.